The van der Waals surface area contributed by atoms with Crippen LogP contribution in [0.3, 0.4) is 0 Å². The van der Waals surface area contributed by atoms with Crippen molar-refractivity contribution in [3.05, 3.63) is 96.1 Å². The maximum atomic E-state index is 9.04. The lowest BCUT2D eigenvalue weighted by molar-refractivity contribution is 0.317. The molecule has 0 amide bonds. The minimum absolute atomic E-state index is 0.0764. The van der Waals surface area contributed by atoms with Crippen LogP contribution in [0.2, 0.25) is 0 Å². The summed E-state index contributed by atoms with van der Waals surface area (Å²) in [7, 11) is 0. The largest absolute Gasteiger partial charge is 0.504 e. The van der Waals surface area contributed by atoms with Gasteiger partial charge in [-0.1, -0.05) is 78.0 Å². The first-order chi connectivity index (χ1) is 12.2. The predicted molar refractivity (Wildman–Crippen MR) is 99.3 cm³/mol. The molecule has 0 heterocycles. The SMILES string of the molecule is ON=C(Cc1ccccc1)Cc1ccccc1.Oc1ccccc1O. The van der Waals surface area contributed by atoms with Gasteiger partial charge in [-0.25, -0.2) is 0 Å². The van der Waals surface area contributed by atoms with Crippen LogP contribution in [-0.2, 0) is 12.8 Å². The molecule has 3 rings (SSSR count). The maximum absolute atomic E-state index is 9.04. The lowest BCUT2D eigenvalue weighted by Gasteiger charge is -2.04. The van der Waals surface area contributed by atoms with E-state index in [4.69, 9.17) is 15.4 Å². The van der Waals surface area contributed by atoms with Crippen molar-refractivity contribution in [2.24, 2.45) is 5.16 Å². The Bertz CT molecular complexity index is 722. The molecular weight excluding hydrogens is 314 g/mol. The number of nitrogens with zero attached hydrogens (tertiary/aromatic N) is 1. The molecule has 0 aliphatic rings. The fourth-order valence-corrected chi connectivity index (χ4v) is 2.26. The molecular formula is C21H21NO3. The summed E-state index contributed by atoms with van der Waals surface area (Å²) < 4.78 is 0. The minimum atomic E-state index is -0.0764. The number of hydrogen-bond donors (Lipinski definition) is 3. The van der Waals surface area contributed by atoms with Crippen molar-refractivity contribution in [1.82, 2.24) is 0 Å². The molecule has 0 atom stereocenters. The van der Waals surface area contributed by atoms with Crippen LogP contribution in [-0.4, -0.2) is 21.1 Å². The van der Waals surface area contributed by atoms with Gasteiger partial charge in [-0.15, -0.1) is 0 Å². The molecule has 0 spiro atoms. The van der Waals surface area contributed by atoms with E-state index < -0.39 is 0 Å². The van der Waals surface area contributed by atoms with Crippen LogP contribution in [0.25, 0.3) is 0 Å². The number of oxime groups is 1. The van der Waals surface area contributed by atoms with Crippen LogP contribution < -0.4 is 0 Å². The van der Waals surface area contributed by atoms with Gasteiger partial charge >= 0.3 is 0 Å². The normalized spacial score (nSPS) is 9.60. The molecule has 0 aromatic heterocycles. The molecule has 0 aliphatic carbocycles. The highest BCUT2D eigenvalue weighted by Crippen LogP contribution is 2.21. The average molecular weight is 335 g/mol. The van der Waals surface area contributed by atoms with Gasteiger partial charge in [-0.2, -0.15) is 0 Å². The maximum Gasteiger partial charge on any atom is 0.157 e. The van der Waals surface area contributed by atoms with E-state index in [9.17, 15) is 0 Å². The van der Waals surface area contributed by atoms with Crippen molar-refractivity contribution >= 4 is 5.71 Å². The minimum Gasteiger partial charge on any atom is -0.504 e. The number of phenolic OH excluding ortho intramolecular Hbond substituents is 2. The highest BCUT2D eigenvalue weighted by Gasteiger charge is 2.03. The second-order valence-corrected chi connectivity index (χ2v) is 5.48. The van der Waals surface area contributed by atoms with Crippen LogP contribution in [0.1, 0.15) is 11.1 Å². The summed E-state index contributed by atoms with van der Waals surface area (Å²) in [6, 6.07) is 26.2. The summed E-state index contributed by atoms with van der Waals surface area (Å²) in [6.45, 7) is 0. The van der Waals surface area contributed by atoms with E-state index in [0.29, 0.717) is 12.8 Å². The number of rotatable bonds is 4. The van der Waals surface area contributed by atoms with E-state index in [1.807, 2.05) is 60.7 Å². The zero-order valence-corrected chi connectivity index (χ0v) is 13.8. The summed E-state index contributed by atoms with van der Waals surface area (Å²) in [4.78, 5) is 0. The van der Waals surface area contributed by atoms with Gasteiger partial charge in [-0.3, -0.25) is 0 Å². The van der Waals surface area contributed by atoms with Crippen LogP contribution in [0.4, 0.5) is 0 Å². The Kier molecular flexibility index (Phi) is 7.07. The van der Waals surface area contributed by atoms with Crippen molar-refractivity contribution in [1.29, 1.82) is 0 Å². The topological polar surface area (TPSA) is 73.1 Å². The average Bonchev–Trinajstić information content (AvgIpc) is 2.66. The molecule has 0 aliphatic heterocycles. The van der Waals surface area contributed by atoms with Crippen molar-refractivity contribution in [2.75, 3.05) is 0 Å². The summed E-state index contributed by atoms with van der Waals surface area (Å²) in [5.74, 6) is -0.153. The molecule has 3 aromatic carbocycles. The number of phenols is 2. The van der Waals surface area contributed by atoms with Crippen molar-refractivity contribution < 1.29 is 15.4 Å². The third kappa shape index (κ3) is 6.39. The first kappa shape index (κ1) is 18.1. The third-order valence-electron chi connectivity index (χ3n) is 3.53. The lowest BCUT2D eigenvalue weighted by atomic mass is 10.0. The van der Waals surface area contributed by atoms with E-state index in [2.05, 4.69) is 5.16 Å². The summed E-state index contributed by atoms with van der Waals surface area (Å²) in [6.07, 6.45) is 1.37. The highest BCUT2D eigenvalue weighted by atomic mass is 16.4. The Labute approximate surface area is 147 Å². The van der Waals surface area contributed by atoms with Crippen molar-refractivity contribution in [3.63, 3.8) is 0 Å². The Balaban J connectivity index is 0.000000236. The summed E-state index contributed by atoms with van der Waals surface area (Å²) >= 11 is 0. The van der Waals surface area contributed by atoms with E-state index in [-0.39, 0.29) is 11.5 Å². The number of benzene rings is 3. The van der Waals surface area contributed by atoms with E-state index in [1.54, 1.807) is 12.1 Å². The molecule has 0 saturated carbocycles. The first-order valence-electron chi connectivity index (χ1n) is 7.93. The Morgan fingerprint density at radius 1 is 0.600 bits per heavy atom. The van der Waals surface area contributed by atoms with Gasteiger partial charge in [0.15, 0.2) is 11.5 Å². The quantitative estimate of drug-likeness (QED) is 0.286. The molecule has 3 N–H and O–H groups in total. The zero-order chi connectivity index (χ0) is 17.9. The lowest BCUT2D eigenvalue weighted by Crippen LogP contribution is -2.07. The third-order valence-corrected chi connectivity index (χ3v) is 3.53. The molecule has 0 radical (unpaired) electrons. The summed E-state index contributed by atoms with van der Waals surface area (Å²) in [5.41, 5.74) is 3.11. The van der Waals surface area contributed by atoms with Gasteiger partial charge in [0.1, 0.15) is 0 Å². The zero-order valence-electron chi connectivity index (χ0n) is 13.8. The van der Waals surface area contributed by atoms with E-state index >= 15 is 0 Å². The Morgan fingerprint density at radius 2 is 0.960 bits per heavy atom. The molecule has 4 heteroatoms. The molecule has 128 valence electrons. The molecule has 3 aromatic rings. The van der Waals surface area contributed by atoms with Gasteiger partial charge in [0.25, 0.3) is 0 Å². The summed E-state index contributed by atoms with van der Waals surface area (Å²) in [5, 5.41) is 29.8. The number of hydrogen-bond acceptors (Lipinski definition) is 4. The van der Waals surface area contributed by atoms with E-state index in [1.165, 1.54) is 12.1 Å². The van der Waals surface area contributed by atoms with E-state index in [0.717, 1.165) is 16.8 Å². The smallest absolute Gasteiger partial charge is 0.157 e. The van der Waals surface area contributed by atoms with Gasteiger partial charge < -0.3 is 15.4 Å². The molecule has 0 unspecified atom stereocenters. The van der Waals surface area contributed by atoms with Gasteiger partial charge in [-0.05, 0) is 23.3 Å². The molecule has 0 saturated heterocycles. The van der Waals surface area contributed by atoms with Crippen LogP contribution >= 0.6 is 0 Å². The van der Waals surface area contributed by atoms with Gasteiger partial charge in [0, 0.05) is 12.8 Å². The fraction of sp³-hybridized carbons (Fsp3) is 0.0952. The van der Waals surface area contributed by atoms with Gasteiger partial charge in [0.05, 0.1) is 5.71 Å². The predicted octanol–water partition coefficient (Wildman–Crippen LogP) is 4.40. The van der Waals surface area contributed by atoms with Crippen molar-refractivity contribution in [2.45, 2.75) is 12.8 Å². The first-order valence-corrected chi connectivity index (χ1v) is 7.93. The molecule has 0 fully saturated rings. The molecule has 0 bridgehead atoms. The monoisotopic (exact) mass is 335 g/mol. The highest BCUT2D eigenvalue weighted by molar-refractivity contribution is 5.88. The fourth-order valence-electron chi connectivity index (χ4n) is 2.26. The Morgan fingerprint density at radius 3 is 1.28 bits per heavy atom. The standard InChI is InChI=1S/C15H15NO.C6H6O2/c17-16-15(11-13-7-3-1-4-8-13)12-14-9-5-2-6-10-14;7-5-3-1-2-4-6(5)8/h1-10,17H,11-12H2;1-4,7-8H. The van der Waals surface area contributed by atoms with Crippen LogP contribution in [0, 0.1) is 0 Å². The Hall–Kier alpha value is -3.27. The number of para-hydroxylation sites is 2. The van der Waals surface area contributed by atoms with Crippen molar-refractivity contribution in [3.8, 4) is 11.5 Å². The second-order valence-electron chi connectivity index (χ2n) is 5.48. The molecule has 4 nitrogen and oxygen atoms in total. The van der Waals surface area contributed by atoms with Gasteiger partial charge in [0.2, 0.25) is 0 Å². The number of aromatic hydroxyl groups is 2. The van der Waals surface area contributed by atoms with Crippen LogP contribution in [0.15, 0.2) is 90.1 Å². The van der Waals surface area contributed by atoms with Crippen LogP contribution in [0.5, 0.6) is 11.5 Å². The molecule has 25 heavy (non-hydrogen) atoms. The second kappa shape index (κ2) is 9.78.